The van der Waals surface area contributed by atoms with Gasteiger partial charge in [-0.15, -0.1) is 10.2 Å². The number of thioether (sulfide) groups is 1. The number of Topliss-reactive ketones (excluding diaryl/α,β-unsaturated/α-hetero) is 1. The Balaban J connectivity index is 1.62. The van der Waals surface area contributed by atoms with Crippen LogP contribution in [0.1, 0.15) is 45.1 Å². The Morgan fingerprint density at radius 2 is 1.69 bits per heavy atom. The number of rotatable bonds is 7. The Hall–Kier alpha value is -2.45. The zero-order chi connectivity index (χ0) is 21.0. The Kier molecular flexibility index (Phi) is 6.87. The van der Waals surface area contributed by atoms with Gasteiger partial charge in [0.15, 0.2) is 16.8 Å². The van der Waals surface area contributed by atoms with E-state index in [1.807, 2.05) is 45.2 Å². The summed E-state index contributed by atoms with van der Waals surface area (Å²) in [6.07, 6.45) is 0. The quantitative estimate of drug-likeness (QED) is 0.408. The summed E-state index contributed by atoms with van der Waals surface area (Å²) in [6.45, 7) is 3.84. The molecule has 0 aliphatic rings. The van der Waals surface area contributed by atoms with Crippen molar-refractivity contribution in [3.05, 3.63) is 75.5 Å². The summed E-state index contributed by atoms with van der Waals surface area (Å²) in [5.41, 5.74) is 2.35. The molecule has 0 bridgehead atoms. The first kappa shape index (κ1) is 21.3. The third kappa shape index (κ3) is 5.33. The van der Waals surface area contributed by atoms with Crippen molar-refractivity contribution in [1.29, 1.82) is 0 Å². The molecule has 0 spiro atoms. The number of nitrogens with zero attached hydrogens (tertiary/aromatic N) is 3. The molecule has 0 radical (unpaired) electrons. The molecule has 6 nitrogen and oxygen atoms in total. The Morgan fingerprint density at radius 1 is 1.07 bits per heavy atom. The minimum atomic E-state index is -0.321. The maximum absolute atomic E-state index is 12.4. The van der Waals surface area contributed by atoms with Crippen LogP contribution < -0.4 is 5.32 Å². The lowest BCUT2D eigenvalue weighted by molar-refractivity contribution is 0.0937. The summed E-state index contributed by atoms with van der Waals surface area (Å²) < 4.78 is 2.74. The fraction of sp³-hybridized carbons (Fsp3) is 0.238. The first-order valence-electron chi connectivity index (χ1n) is 9.03. The maximum atomic E-state index is 12.4. The van der Waals surface area contributed by atoms with Gasteiger partial charge in [0.05, 0.1) is 11.8 Å². The molecule has 1 amide bonds. The summed E-state index contributed by atoms with van der Waals surface area (Å²) in [5, 5.41) is 11.9. The normalized spacial score (nSPS) is 11.9. The fourth-order valence-electron chi connectivity index (χ4n) is 2.73. The van der Waals surface area contributed by atoms with Crippen LogP contribution in [-0.4, -0.2) is 32.2 Å². The van der Waals surface area contributed by atoms with E-state index in [2.05, 4.69) is 31.4 Å². The third-order valence-corrected chi connectivity index (χ3v) is 5.96. The van der Waals surface area contributed by atoms with Crippen LogP contribution in [0, 0.1) is 6.92 Å². The zero-order valence-electron chi connectivity index (χ0n) is 16.3. The molecule has 150 valence electrons. The van der Waals surface area contributed by atoms with Gasteiger partial charge in [0.1, 0.15) is 0 Å². The highest BCUT2D eigenvalue weighted by molar-refractivity contribution is 9.10. The number of ketones is 1. The predicted molar refractivity (Wildman–Crippen MR) is 117 cm³/mol. The molecule has 3 aromatic rings. The number of hydrogen-bond donors (Lipinski definition) is 1. The van der Waals surface area contributed by atoms with Crippen molar-refractivity contribution in [3.8, 4) is 0 Å². The molecule has 0 aliphatic heterocycles. The number of carbonyl (C=O) groups excluding carboxylic acids is 2. The van der Waals surface area contributed by atoms with Crippen molar-refractivity contribution in [3.63, 3.8) is 0 Å². The number of aryl methyl sites for hydroxylation is 1. The van der Waals surface area contributed by atoms with Crippen LogP contribution in [0.3, 0.4) is 0 Å². The van der Waals surface area contributed by atoms with Gasteiger partial charge in [0.25, 0.3) is 5.91 Å². The second-order valence-corrected chi connectivity index (χ2v) is 8.54. The van der Waals surface area contributed by atoms with Gasteiger partial charge in [-0.1, -0.05) is 57.5 Å². The van der Waals surface area contributed by atoms with Crippen molar-refractivity contribution < 1.29 is 9.59 Å². The van der Waals surface area contributed by atoms with E-state index in [4.69, 9.17) is 0 Å². The Morgan fingerprint density at radius 3 is 2.34 bits per heavy atom. The smallest absolute Gasteiger partial charge is 0.251 e. The van der Waals surface area contributed by atoms with Crippen molar-refractivity contribution in [2.24, 2.45) is 7.05 Å². The van der Waals surface area contributed by atoms with Crippen LogP contribution in [0.2, 0.25) is 0 Å². The summed E-state index contributed by atoms with van der Waals surface area (Å²) >= 11 is 4.69. The number of hydrogen-bond acceptors (Lipinski definition) is 5. The van der Waals surface area contributed by atoms with E-state index in [1.54, 1.807) is 28.8 Å². The van der Waals surface area contributed by atoms with E-state index in [9.17, 15) is 9.59 Å². The topological polar surface area (TPSA) is 76.9 Å². The molecule has 29 heavy (non-hydrogen) atoms. The molecule has 0 saturated heterocycles. The van der Waals surface area contributed by atoms with E-state index in [0.717, 1.165) is 10.0 Å². The molecule has 1 aromatic heterocycles. The largest absolute Gasteiger partial charge is 0.342 e. The molecule has 1 atom stereocenters. The monoisotopic (exact) mass is 472 g/mol. The van der Waals surface area contributed by atoms with Gasteiger partial charge in [-0.3, -0.25) is 9.59 Å². The maximum Gasteiger partial charge on any atom is 0.251 e. The molecule has 1 unspecified atom stereocenters. The molecule has 0 fully saturated rings. The van der Waals surface area contributed by atoms with Gasteiger partial charge in [0, 0.05) is 22.6 Å². The number of halogens is 1. The van der Waals surface area contributed by atoms with E-state index >= 15 is 0 Å². The summed E-state index contributed by atoms with van der Waals surface area (Å²) in [6, 6.07) is 14.3. The number of carbonyl (C=O) groups is 2. The standard InChI is InChI=1S/C21H21BrN4O2S/c1-13-4-6-16(7-5-13)20(28)23-14(2)19-24-25-21(26(19)3)29-12-18(27)15-8-10-17(22)11-9-15/h4-11,14H,12H2,1-3H3,(H,23,28). The number of benzene rings is 2. The third-order valence-electron chi connectivity index (χ3n) is 4.42. The lowest BCUT2D eigenvalue weighted by atomic mass is 10.1. The second kappa shape index (κ2) is 9.37. The van der Waals surface area contributed by atoms with E-state index < -0.39 is 0 Å². The summed E-state index contributed by atoms with van der Waals surface area (Å²) in [5.74, 6) is 0.745. The first-order valence-corrected chi connectivity index (χ1v) is 10.8. The van der Waals surface area contributed by atoms with Gasteiger partial charge >= 0.3 is 0 Å². The fourth-order valence-corrected chi connectivity index (χ4v) is 3.80. The molecule has 0 aliphatic carbocycles. The first-order chi connectivity index (χ1) is 13.8. The summed E-state index contributed by atoms with van der Waals surface area (Å²) in [7, 11) is 1.83. The van der Waals surface area contributed by atoms with Gasteiger partial charge in [-0.2, -0.15) is 0 Å². The van der Waals surface area contributed by atoms with Crippen molar-refractivity contribution in [2.75, 3.05) is 5.75 Å². The van der Waals surface area contributed by atoms with Crippen LogP contribution in [0.15, 0.2) is 58.2 Å². The van der Waals surface area contributed by atoms with Gasteiger partial charge in [-0.05, 0) is 38.1 Å². The van der Waals surface area contributed by atoms with Gasteiger partial charge in [0.2, 0.25) is 0 Å². The Labute approximate surface area is 182 Å². The van der Waals surface area contributed by atoms with Crippen molar-refractivity contribution >= 4 is 39.4 Å². The average Bonchev–Trinajstić information content (AvgIpc) is 3.07. The van der Waals surface area contributed by atoms with E-state index in [1.165, 1.54) is 11.8 Å². The molecule has 3 rings (SSSR count). The molecule has 2 aromatic carbocycles. The van der Waals surface area contributed by atoms with E-state index in [0.29, 0.717) is 22.1 Å². The van der Waals surface area contributed by atoms with Crippen LogP contribution in [0.4, 0.5) is 0 Å². The van der Waals surface area contributed by atoms with Crippen molar-refractivity contribution in [2.45, 2.75) is 25.0 Å². The van der Waals surface area contributed by atoms with Crippen LogP contribution in [0.5, 0.6) is 0 Å². The minimum Gasteiger partial charge on any atom is -0.342 e. The lowest BCUT2D eigenvalue weighted by Crippen LogP contribution is -2.28. The lowest BCUT2D eigenvalue weighted by Gasteiger charge is -2.13. The number of nitrogens with one attached hydrogen (secondary N) is 1. The van der Waals surface area contributed by atoms with Crippen LogP contribution in [-0.2, 0) is 7.05 Å². The molecule has 0 saturated carbocycles. The highest BCUT2D eigenvalue weighted by Crippen LogP contribution is 2.21. The highest BCUT2D eigenvalue weighted by atomic mass is 79.9. The Bertz CT molecular complexity index is 1020. The highest BCUT2D eigenvalue weighted by Gasteiger charge is 2.19. The van der Waals surface area contributed by atoms with Gasteiger partial charge in [-0.25, -0.2) is 0 Å². The summed E-state index contributed by atoms with van der Waals surface area (Å²) in [4.78, 5) is 24.8. The molecular weight excluding hydrogens is 452 g/mol. The van der Waals surface area contributed by atoms with Crippen LogP contribution in [0.25, 0.3) is 0 Å². The molecule has 8 heteroatoms. The van der Waals surface area contributed by atoms with E-state index in [-0.39, 0.29) is 23.5 Å². The molecule has 1 heterocycles. The molecule has 1 N–H and O–H groups in total. The SMILES string of the molecule is Cc1ccc(C(=O)NC(C)c2nnc(SCC(=O)c3ccc(Br)cc3)n2C)cc1. The number of aromatic nitrogens is 3. The molecular formula is C21H21BrN4O2S. The van der Waals surface area contributed by atoms with Gasteiger partial charge < -0.3 is 9.88 Å². The minimum absolute atomic E-state index is 0.0211. The average molecular weight is 473 g/mol. The van der Waals surface area contributed by atoms with Crippen molar-refractivity contribution in [1.82, 2.24) is 20.1 Å². The zero-order valence-corrected chi connectivity index (χ0v) is 18.8. The predicted octanol–water partition coefficient (Wildman–Crippen LogP) is 4.35. The number of amides is 1. The van der Waals surface area contributed by atoms with Crippen LogP contribution >= 0.6 is 27.7 Å². The second-order valence-electron chi connectivity index (χ2n) is 6.68.